The molecule has 0 saturated heterocycles. The Morgan fingerprint density at radius 2 is 2.07 bits per heavy atom. The number of hydrogen-bond donors (Lipinski definition) is 2. The molecule has 1 rings (SSSR count). The first-order valence-electron chi connectivity index (χ1n) is 4.35. The van der Waals surface area contributed by atoms with Crippen molar-refractivity contribution in [1.82, 2.24) is 4.72 Å². The van der Waals surface area contributed by atoms with Crippen LogP contribution in [0.4, 0.5) is 0 Å². The van der Waals surface area contributed by atoms with Crippen LogP contribution in [0.2, 0.25) is 5.02 Å². The molecule has 0 amide bonds. The molecule has 0 bridgehead atoms. The van der Waals surface area contributed by atoms with Crippen LogP contribution >= 0.6 is 11.6 Å². The average Bonchev–Trinajstić information content (AvgIpc) is 2.17. The number of halogens is 1. The molecular weight excluding hydrogens is 238 g/mol. The van der Waals surface area contributed by atoms with Crippen LogP contribution in [0.1, 0.15) is 6.92 Å². The Balaban J connectivity index is 3.02. The maximum Gasteiger partial charge on any atom is 0.242 e. The Hall–Kier alpha value is -0.620. The molecule has 0 spiro atoms. The van der Waals surface area contributed by atoms with Crippen LogP contribution in [0.5, 0.6) is 0 Å². The highest BCUT2D eigenvalue weighted by molar-refractivity contribution is 7.89. The van der Waals surface area contributed by atoms with Gasteiger partial charge in [-0.05, 0) is 19.1 Å². The zero-order chi connectivity index (χ0) is 11.5. The largest absolute Gasteiger partial charge is 0.395 e. The van der Waals surface area contributed by atoms with E-state index in [1.165, 1.54) is 12.1 Å². The Bertz CT molecular complexity index is 433. The van der Waals surface area contributed by atoms with E-state index < -0.39 is 16.1 Å². The average molecular weight is 250 g/mol. The van der Waals surface area contributed by atoms with Gasteiger partial charge < -0.3 is 5.11 Å². The summed E-state index contributed by atoms with van der Waals surface area (Å²) in [6.45, 7) is 1.30. The molecule has 15 heavy (non-hydrogen) atoms. The van der Waals surface area contributed by atoms with Crippen molar-refractivity contribution in [2.45, 2.75) is 17.9 Å². The first kappa shape index (κ1) is 12.4. The van der Waals surface area contributed by atoms with E-state index in [0.717, 1.165) is 0 Å². The zero-order valence-corrected chi connectivity index (χ0v) is 9.72. The fraction of sp³-hybridized carbons (Fsp3) is 0.333. The second-order valence-electron chi connectivity index (χ2n) is 3.14. The Labute approximate surface area is 93.9 Å². The predicted molar refractivity (Wildman–Crippen MR) is 58.3 cm³/mol. The number of nitrogens with one attached hydrogen (secondary N) is 1. The fourth-order valence-corrected chi connectivity index (χ4v) is 2.78. The van der Waals surface area contributed by atoms with Crippen LogP contribution in [0.25, 0.3) is 0 Å². The lowest BCUT2D eigenvalue weighted by molar-refractivity contribution is 0.265. The number of aliphatic hydroxyl groups excluding tert-OH is 1. The minimum atomic E-state index is -3.64. The zero-order valence-electron chi connectivity index (χ0n) is 8.14. The lowest BCUT2D eigenvalue weighted by atomic mass is 10.4. The smallest absolute Gasteiger partial charge is 0.242 e. The predicted octanol–water partition coefficient (Wildman–Crippen LogP) is 0.999. The molecular formula is C9H12ClNO3S. The highest BCUT2D eigenvalue weighted by Gasteiger charge is 2.19. The summed E-state index contributed by atoms with van der Waals surface area (Å²) in [5.41, 5.74) is 0. The van der Waals surface area contributed by atoms with Crippen LogP contribution in [-0.2, 0) is 10.0 Å². The maximum atomic E-state index is 11.7. The molecule has 0 aliphatic carbocycles. The molecule has 1 unspecified atom stereocenters. The molecule has 0 aliphatic heterocycles. The number of aliphatic hydroxyl groups is 1. The summed E-state index contributed by atoms with van der Waals surface area (Å²) in [7, 11) is -3.64. The maximum absolute atomic E-state index is 11.7. The standard InChI is InChI=1S/C9H12ClNO3S/c1-7(6-12)11-15(13,14)9-5-3-2-4-8(9)10/h2-5,7,11-12H,6H2,1H3. The van der Waals surface area contributed by atoms with Crippen LogP contribution < -0.4 is 4.72 Å². The Morgan fingerprint density at radius 3 is 2.60 bits per heavy atom. The lowest BCUT2D eigenvalue weighted by Crippen LogP contribution is -2.35. The topological polar surface area (TPSA) is 66.4 Å². The monoisotopic (exact) mass is 249 g/mol. The van der Waals surface area contributed by atoms with Crippen molar-refractivity contribution in [3.63, 3.8) is 0 Å². The summed E-state index contributed by atoms with van der Waals surface area (Å²) in [4.78, 5) is 0.0203. The van der Waals surface area contributed by atoms with Crippen LogP contribution in [0, 0.1) is 0 Å². The summed E-state index contributed by atoms with van der Waals surface area (Å²) >= 11 is 5.75. The number of hydrogen-bond acceptors (Lipinski definition) is 3. The lowest BCUT2D eigenvalue weighted by Gasteiger charge is -2.12. The van der Waals surface area contributed by atoms with Gasteiger partial charge in [0.05, 0.1) is 11.6 Å². The van der Waals surface area contributed by atoms with Gasteiger partial charge in [-0.1, -0.05) is 23.7 Å². The van der Waals surface area contributed by atoms with Gasteiger partial charge in [-0.2, -0.15) is 0 Å². The Kier molecular flexibility index (Phi) is 4.10. The van der Waals surface area contributed by atoms with Gasteiger partial charge in [-0.3, -0.25) is 0 Å². The number of rotatable bonds is 4. The summed E-state index contributed by atoms with van der Waals surface area (Å²) < 4.78 is 25.7. The molecule has 0 heterocycles. The molecule has 2 N–H and O–H groups in total. The first-order chi connectivity index (χ1) is 6.97. The molecule has 84 valence electrons. The van der Waals surface area contributed by atoms with E-state index >= 15 is 0 Å². The molecule has 0 aromatic heterocycles. The quantitative estimate of drug-likeness (QED) is 0.837. The van der Waals surface area contributed by atoms with Crippen molar-refractivity contribution in [1.29, 1.82) is 0 Å². The van der Waals surface area contributed by atoms with Gasteiger partial charge in [0.2, 0.25) is 10.0 Å². The van der Waals surface area contributed by atoms with E-state index in [9.17, 15) is 8.42 Å². The minimum Gasteiger partial charge on any atom is -0.395 e. The SMILES string of the molecule is CC(CO)NS(=O)(=O)c1ccccc1Cl. The third-order valence-corrected chi connectivity index (χ3v) is 3.85. The van der Waals surface area contributed by atoms with Crippen molar-refractivity contribution >= 4 is 21.6 Å². The molecule has 6 heteroatoms. The molecule has 0 fully saturated rings. The van der Waals surface area contributed by atoms with Crippen molar-refractivity contribution in [2.24, 2.45) is 0 Å². The van der Waals surface area contributed by atoms with E-state index in [4.69, 9.17) is 16.7 Å². The van der Waals surface area contributed by atoms with Gasteiger partial charge in [0.1, 0.15) is 4.90 Å². The fourth-order valence-electron chi connectivity index (χ4n) is 1.03. The van der Waals surface area contributed by atoms with Gasteiger partial charge in [-0.15, -0.1) is 0 Å². The molecule has 1 aromatic carbocycles. The third kappa shape index (κ3) is 3.17. The molecule has 0 saturated carbocycles. The van der Waals surface area contributed by atoms with E-state index in [2.05, 4.69) is 4.72 Å². The third-order valence-electron chi connectivity index (χ3n) is 1.76. The number of benzene rings is 1. The van der Waals surface area contributed by atoms with Gasteiger partial charge in [0, 0.05) is 6.04 Å². The van der Waals surface area contributed by atoms with E-state index in [1.807, 2.05) is 0 Å². The highest BCUT2D eigenvalue weighted by Crippen LogP contribution is 2.20. The van der Waals surface area contributed by atoms with Crippen molar-refractivity contribution in [2.75, 3.05) is 6.61 Å². The normalized spacial score (nSPS) is 13.8. The highest BCUT2D eigenvalue weighted by atomic mass is 35.5. The summed E-state index contributed by atoms with van der Waals surface area (Å²) in [5.74, 6) is 0. The first-order valence-corrected chi connectivity index (χ1v) is 6.21. The summed E-state index contributed by atoms with van der Waals surface area (Å²) in [6, 6.07) is 5.61. The van der Waals surface area contributed by atoms with Gasteiger partial charge in [0.15, 0.2) is 0 Å². The summed E-state index contributed by atoms with van der Waals surface area (Å²) in [5, 5.41) is 8.92. The van der Waals surface area contributed by atoms with Gasteiger partial charge >= 0.3 is 0 Å². The molecule has 0 radical (unpaired) electrons. The van der Waals surface area contributed by atoms with Crippen LogP contribution in [0.15, 0.2) is 29.2 Å². The van der Waals surface area contributed by atoms with E-state index in [0.29, 0.717) is 0 Å². The summed E-state index contributed by atoms with van der Waals surface area (Å²) in [6.07, 6.45) is 0. The van der Waals surface area contributed by atoms with Crippen molar-refractivity contribution in [3.8, 4) is 0 Å². The van der Waals surface area contributed by atoms with E-state index in [-0.39, 0.29) is 16.5 Å². The Morgan fingerprint density at radius 1 is 1.47 bits per heavy atom. The second kappa shape index (κ2) is 4.94. The minimum absolute atomic E-state index is 0.0203. The molecule has 0 aliphatic rings. The van der Waals surface area contributed by atoms with Crippen molar-refractivity contribution in [3.05, 3.63) is 29.3 Å². The van der Waals surface area contributed by atoms with Crippen LogP contribution in [0.3, 0.4) is 0 Å². The molecule has 1 aromatic rings. The van der Waals surface area contributed by atoms with E-state index in [1.54, 1.807) is 19.1 Å². The van der Waals surface area contributed by atoms with Gasteiger partial charge in [-0.25, -0.2) is 13.1 Å². The number of sulfonamides is 1. The molecule has 1 atom stereocenters. The van der Waals surface area contributed by atoms with Gasteiger partial charge in [0.25, 0.3) is 0 Å². The van der Waals surface area contributed by atoms with Crippen molar-refractivity contribution < 1.29 is 13.5 Å². The van der Waals surface area contributed by atoms with Crippen LogP contribution in [-0.4, -0.2) is 26.2 Å². The second-order valence-corrected chi connectivity index (χ2v) is 5.22. The molecule has 4 nitrogen and oxygen atoms in total.